The van der Waals surface area contributed by atoms with Crippen molar-refractivity contribution in [3.8, 4) is 5.75 Å². The first-order valence-corrected chi connectivity index (χ1v) is 7.34. The van der Waals surface area contributed by atoms with Crippen molar-refractivity contribution in [2.75, 3.05) is 12.4 Å². The normalized spacial score (nSPS) is 11.1. The Labute approximate surface area is 111 Å². The number of carbonyl (C=O) groups is 1. The minimum atomic E-state index is -3.92. The summed E-state index contributed by atoms with van der Waals surface area (Å²) in [6.45, 7) is 1.91. The van der Waals surface area contributed by atoms with Gasteiger partial charge in [-0.1, -0.05) is 12.1 Å². The van der Waals surface area contributed by atoms with Gasteiger partial charge in [0, 0.05) is 6.42 Å². The van der Waals surface area contributed by atoms with Crippen LogP contribution in [0.1, 0.15) is 19.8 Å². The number of hydrogen-bond acceptors (Lipinski definition) is 5. The molecule has 0 saturated heterocycles. The van der Waals surface area contributed by atoms with E-state index in [-0.39, 0.29) is 31.0 Å². The smallest absolute Gasteiger partial charge is 0.309 e. The number of carbonyl (C=O) groups excluding carboxylic acids is 1. The van der Waals surface area contributed by atoms with E-state index >= 15 is 0 Å². The molecule has 0 fully saturated rings. The first kappa shape index (κ1) is 15.4. The number of rotatable bonds is 7. The van der Waals surface area contributed by atoms with Crippen molar-refractivity contribution in [3.05, 3.63) is 30.1 Å². The van der Waals surface area contributed by atoms with E-state index in [2.05, 4.69) is 8.92 Å². The number of esters is 1. The Morgan fingerprint density at radius 1 is 1.32 bits per heavy atom. The summed E-state index contributed by atoms with van der Waals surface area (Å²) < 4.78 is 45.6. The zero-order valence-electron chi connectivity index (χ0n) is 10.5. The molecule has 0 atom stereocenters. The van der Waals surface area contributed by atoms with Crippen molar-refractivity contribution in [2.45, 2.75) is 19.8 Å². The summed E-state index contributed by atoms with van der Waals surface area (Å²) in [6, 6.07) is 5.21. The average molecular weight is 290 g/mol. The van der Waals surface area contributed by atoms with Gasteiger partial charge in [0.25, 0.3) is 0 Å². The van der Waals surface area contributed by atoms with Crippen LogP contribution in [0.2, 0.25) is 0 Å². The van der Waals surface area contributed by atoms with E-state index in [1.165, 1.54) is 18.2 Å². The average Bonchev–Trinajstić information content (AvgIpc) is 2.32. The summed E-state index contributed by atoms with van der Waals surface area (Å²) >= 11 is 0. The molecule has 5 nitrogen and oxygen atoms in total. The van der Waals surface area contributed by atoms with E-state index in [9.17, 15) is 17.6 Å². The minimum absolute atomic E-state index is 0.0201. The highest BCUT2D eigenvalue weighted by molar-refractivity contribution is 7.87. The zero-order valence-corrected chi connectivity index (χ0v) is 11.3. The van der Waals surface area contributed by atoms with Gasteiger partial charge in [-0.05, 0) is 25.5 Å². The summed E-state index contributed by atoms with van der Waals surface area (Å²) in [5.41, 5.74) is 0. The lowest BCUT2D eigenvalue weighted by molar-refractivity contribution is -0.143. The van der Waals surface area contributed by atoms with Gasteiger partial charge < -0.3 is 8.92 Å². The van der Waals surface area contributed by atoms with Crippen molar-refractivity contribution in [2.24, 2.45) is 0 Å². The van der Waals surface area contributed by atoms with Gasteiger partial charge in [-0.15, -0.1) is 0 Å². The van der Waals surface area contributed by atoms with Crippen LogP contribution < -0.4 is 4.18 Å². The van der Waals surface area contributed by atoms with E-state index in [0.717, 1.165) is 6.07 Å². The second-order valence-electron chi connectivity index (χ2n) is 3.68. The van der Waals surface area contributed by atoms with Gasteiger partial charge in [0.2, 0.25) is 0 Å². The monoisotopic (exact) mass is 290 g/mol. The summed E-state index contributed by atoms with van der Waals surface area (Å²) in [4.78, 5) is 11.0. The lowest BCUT2D eigenvalue weighted by Gasteiger charge is -2.07. The molecule has 19 heavy (non-hydrogen) atoms. The van der Waals surface area contributed by atoms with Gasteiger partial charge in [-0.3, -0.25) is 4.79 Å². The molecule has 0 aliphatic rings. The molecule has 0 aliphatic heterocycles. The van der Waals surface area contributed by atoms with Crippen LogP contribution in [0.5, 0.6) is 5.75 Å². The maximum absolute atomic E-state index is 13.2. The van der Waals surface area contributed by atoms with Gasteiger partial charge in [0.1, 0.15) is 0 Å². The molecule has 1 rings (SSSR count). The van der Waals surface area contributed by atoms with Crippen LogP contribution in [0.3, 0.4) is 0 Å². The topological polar surface area (TPSA) is 69.7 Å². The van der Waals surface area contributed by atoms with Crippen LogP contribution in [0.25, 0.3) is 0 Å². The lowest BCUT2D eigenvalue weighted by Crippen LogP contribution is -2.16. The van der Waals surface area contributed by atoms with Crippen molar-refractivity contribution in [1.29, 1.82) is 0 Å². The second kappa shape index (κ2) is 7.08. The third-order valence-corrected chi connectivity index (χ3v) is 3.36. The standard InChI is InChI=1S/C12H15FO5S/c1-2-17-12(14)8-5-9-19(15,16)18-11-7-4-3-6-10(11)13/h3-4,6-7H,2,5,8-9H2,1H3. The summed E-state index contributed by atoms with van der Waals surface area (Å²) in [5, 5.41) is 0. The molecule has 0 heterocycles. The molecule has 0 spiro atoms. The fourth-order valence-corrected chi connectivity index (χ4v) is 2.31. The molecular weight excluding hydrogens is 275 g/mol. The molecule has 1 aromatic carbocycles. The maximum Gasteiger partial charge on any atom is 0.309 e. The van der Waals surface area contributed by atoms with Crippen LogP contribution in [0, 0.1) is 5.82 Å². The Bertz CT molecular complexity index is 527. The van der Waals surface area contributed by atoms with Crippen LogP contribution in [0.4, 0.5) is 4.39 Å². The third-order valence-electron chi connectivity index (χ3n) is 2.13. The summed E-state index contributed by atoms with van der Waals surface area (Å²) in [5.74, 6) is -1.95. The van der Waals surface area contributed by atoms with Crippen molar-refractivity contribution in [1.82, 2.24) is 0 Å². The molecule has 0 aliphatic carbocycles. The molecule has 1 aromatic rings. The van der Waals surface area contributed by atoms with Crippen molar-refractivity contribution in [3.63, 3.8) is 0 Å². The van der Waals surface area contributed by atoms with E-state index in [1.54, 1.807) is 6.92 Å². The molecular formula is C12H15FO5S. The molecule has 0 saturated carbocycles. The highest BCUT2D eigenvalue weighted by Crippen LogP contribution is 2.18. The van der Waals surface area contributed by atoms with Gasteiger partial charge in [0.15, 0.2) is 11.6 Å². The zero-order chi connectivity index (χ0) is 14.3. The SMILES string of the molecule is CCOC(=O)CCCS(=O)(=O)Oc1ccccc1F. The molecule has 0 amide bonds. The van der Waals surface area contributed by atoms with Crippen LogP contribution in [-0.2, 0) is 19.6 Å². The van der Waals surface area contributed by atoms with E-state index in [4.69, 9.17) is 0 Å². The van der Waals surface area contributed by atoms with E-state index in [0.29, 0.717) is 0 Å². The molecule has 0 unspecified atom stereocenters. The Morgan fingerprint density at radius 2 is 2.00 bits per heavy atom. The highest BCUT2D eigenvalue weighted by atomic mass is 32.2. The summed E-state index contributed by atoms with van der Waals surface area (Å²) in [7, 11) is -3.92. The molecule has 0 aromatic heterocycles. The first-order valence-electron chi connectivity index (χ1n) is 5.77. The predicted molar refractivity (Wildman–Crippen MR) is 66.7 cm³/mol. The van der Waals surface area contributed by atoms with Crippen molar-refractivity contribution < 1.29 is 26.5 Å². The number of para-hydroxylation sites is 1. The number of ether oxygens (including phenoxy) is 1. The summed E-state index contributed by atoms with van der Waals surface area (Å²) in [6.07, 6.45) is 0.0450. The van der Waals surface area contributed by atoms with Crippen LogP contribution >= 0.6 is 0 Å². The fraction of sp³-hybridized carbons (Fsp3) is 0.417. The van der Waals surface area contributed by atoms with E-state index in [1.807, 2.05) is 0 Å². The van der Waals surface area contributed by atoms with Crippen LogP contribution in [-0.4, -0.2) is 26.7 Å². The highest BCUT2D eigenvalue weighted by Gasteiger charge is 2.16. The molecule has 0 bridgehead atoms. The van der Waals surface area contributed by atoms with Gasteiger partial charge in [-0.25, -0.2) is 4.39 Å². The minimum Gasteiger partial charge on any atom is -0.466 e. The molecule has 0 radical (unpaired) electrons. The predicted octanol–water partition coefficient (Wildman–Crippen LogP) is 1.88. The molecule has 7 heteroatoms. The van der Waals surface area contributed by atoms with Gasteiger partial charge >= 0.3 is 16.1 Å². The Hall–Kier alpha value is -1.63. The first-order chi connectivity index (χ1) is 8.94. The van der Waals surface area contributed by atoms with Gasteiger partial charge in [0.05, 0.1) is 12.4 Å². The quantitative estimate of drug-likeness (QED) is 0.566. The number of halogens is 1. The molecule has 106 valence electrons. The number of benzene rings is 1. The maximum atomic E-state index is 13.2. The number of hydrogen-bond donors (Lipinski definition) is 0. The Balaban J connectivity index is 2.49. The Morgan fingerprint density at radius 3 is 2.63 bits per heavy atom. The lowest BCUT2D eigenvalue weighted by atomic mass is 10.3. The van der Waals surface area contributed by atoms with Gasteiger partial charge in [-0.2, -0.15) is 8.42 Å². The Kier molecular flexibility index (Phi) is 5.75. The fourth-order valence-electron chi connectivity index (χ4n) is 1.32. The largest absolute Gasteiger partial charge is 0.466 e. The second-order valence-corrected chi connectivity index (χ2v) is 5.37. The van der Waals surface area contributed by atoms with E-state index < -0.39 is 21.9 Å². The molecule has 0 N–H and O–H groups in total. The van der Waals surface area contributed by atoms with Crippen molar-refractivity contribution >= 4 is 16.1 Å². The third kappa shape index (κ3) is 5.69. The van der Waals surface area contributed by atoms with Crippen LogP contribution in [0.15, 0.2) is 24.3 Å².